The third-order valence-corrected chi connectivity index (χ3v) is 4.87. The molecule has 0 fully saturated rings. The minimum absolute atomic E-state index is 0.280. The number of amides is 1. The zero-order valence-corrected chi connectivity index (χ0v) is 11.3. The van der Waals surface area contributed by atoms with Gasteiger partial charge < -0.3 is 5.73 Å². The molecule has 0 spiro atoms. The molecular formula is C12H13FN2OS2. The van der Waals surface area contributed by atoms with Crippen LogP contribution in [0.5, 0.6) is 0 Å². The Morgan fingerprint density at radius 3 is 2.78 bits per heavy atom. The maximum Gasteiger partial charge on any atom is 0.231 e. The molecule has 0 saturated carbocycles. The number of hydrogen-bond donors (Lipinski definition) is 1. The second-order valence-corrected chi connectivity index (χ2v) is 6.37. The summed E-state index contributed by atoms with van der Waals surface area (Å²) in [5.41, 5.74) is 6.29. The minimum Gasteiger partial charge on any atom is -0.369 e. The summed E-state index contributed by atoms with van der Waals surface area (Å²) in [5, 5.41) is -0.347. The zero-order chi connectivity index (χ0) is 13.0. The Morgan fingerprint density at radius 2 is 2.22 bits per heavy atom. The number of primary amides is 1. The van der Waals surface area contributed by atoms with Gasteiger partial charge in [-0.15, -0.1) is 0 Å². The van der Waals surface area contributed by atoms with Crippen molar-refractivity contribution in [1.29, 1.82) is 0 Å². The summed E-state index contributed by atoms with van der Waals surface area (Å²) in [5.74, 6) is 0.321. The van der Waals surface area contributed by atoms with Crippen molar-refractivity contribution in [3.05, 3.63) is 35.6 Å². The van der Waals surface area contributed by atoms with Gasteiger partial charge in [0.05, 0.1) is 11.8 Å². The Bertz CT molecular complexity index is 462. The first-order valence-corrected chi connectivity index (χ1v) is 7.39. The monoisotopic (exact) mass is 284 g/mol. The highest BCUT2D eigenvalue weighted by Crippen LogP contribution is 2.27. The number of hydrogen-bond acceptors (Lipinski definition) is 4. The van der Waals surface area contributed by atoms with E-state index in [1.807, 2.05) is 0 Å². The van der Waals surface area contributed by atoms with E-state index in [0.29, 0.717) is 6.42 Å². The molecule has 0 saturated heterocycles. The van der Waals surface area contributed by atoms with E-state index in [0.717, 1.165) is 22.2 Å². The van der Waals surface area contributed by atoms with Gasteiger partial charge in [-0.25, -0.2) is 4.39 Å². The molecule has 96 valence electrons. The second kappa shape index (κ2) is 6.24. The Morgan fingerprint density at radius 1 is 1.50 bits per heavy atom. The molecular weight excluding hydrogens is 271 g/mol. The van der Waals surface area contributed by atoms with Crippen LogP contribution in [0, 0.1) is 5.82 Å². The van der Waals surface area contributed by atoms with Crippen LogP contribution in [0.4, 0.5) is 4.39 Å². The smallest absolute Gasteiger partial charge is 0.231 e. The first-order valence-electron chi connectivity index (χ1n) is 5.53. The lowest BCUT2D eigenvalue weighted by molar-refractivity contribution is -0.117. The van der Waals surface area contributed by atoms with Crippen LogP contribution in [0.3, 0.4) is 0 Å². The van der Waals surface area contributed by atoms with Crippen LogP contribution in [-0.2, 0) is 11.2 Å². The summed E-state index contributed by atoms with van der Waals surface area (Å²) in [6, 6.07) is 6.13. The number of carbonyl (C=O) groups excluding carboxylic acids is 1. The van der Waals surface area contributed by atoms with Gasteiger partial charge in [-0.05, 0) is 24.1 Å². The number of nitrogens with zero attached hydrogens (tertiary/aromatic N) is 1. The maximum atomic E-state index is 12.8. The summed E-state index contributed by atoms with van der Waals surface area (Å²) >= 11 is 3.05. The first kappa shape index (κ1) is 13.4. The number of carbonyl (C=O) groups is 1. The summed E-state index contributed by atoms with van der Waals surface area (Å²) in [7, 11) is 0. The number of thioether (sulfide) groups is 2. The van der Waals surface area contributed by atoms with E-state index in [1.54, 1.807) is 23.9 Å². The molecule has 0 radical (unpaired) electrons. The van der Waals surface area contributed by atoms with Gasteiger partial charge in [-0.2, -0.15) is 0 Å². The molecule has 6 heteroatoms. The topological polar surface area (TPSA) is 55.5 Å². The molecule has 1 aliphatic rings. The fraction of sp³-hybridized carbons (Fsp3) is 0.333. The van der Waals surface area contributed by atoms with Gasteiger partial charge >= 0.3 is 0 Å². The lowest BCUT2D eigenvalue weighted by Crippen LogP contribution is -2.28. The van der Waals surface area contributed by atoms with Crippen molar-refractivity contribution in [1.82, 2.24) is 0 Å². The molecule has 1 unspecified atom stereocenters. The van der Waals surface area contributed by atoms with E-state index in [1.165, 1.54) is 23.9 Å². The van der Waals surface area contributed by atoms with E-state index in [-0.39, 0.29) is 17.0 Å². The maximum absolute atomic E-state index is 12.8. The minimum atomic E-state index is -0.362. The van der Waals surface area contributed by atoms with Crippen molar-refractivity contribution < 1.29 is 9.18 Å². The predicted octanol–water partition coefficient (Wildman–Crippen LogP) is 2.06. The largest absolute Gasteiger partial charge is 0.369 e. The second-order valence-electron chi connectivity index (χ2n) is 3.84. The van der Waals surface area contributed by atoms with Gasteiger partial charge in [0.1, 0.15) is 10.2 Å². The number of benzene rings is 1. The Balaban J connectivity index is 2.01. The zero-order valence-electron chi connectivity index (χ0n) is 9.64. The fourth-order valence-corrected chi connectivity index (χ4v) is 3.75. The molecule has 1 aromatic carbocycles. The lowest BCUT2D eigenvalue weighted by atomic mass is 10.1. The first-order chi connectivity index (χ1) is 8.65. The van der Waals surface area contributed by atoms with Gasteiger partial charge in [0.2, 0.25) is 5.91 Å². The van der Waals surface area contributed by atoms with Gasteiger partial charge in [0, 0.05) is 5.75 Å². The van der Waals surface area contributed by atoms with E-state index in [9.17, 15) is 9.18 Å². The molecule has 1 aromatic rings. The van der Waals surface area contributed by atoms with Gasteiger partial charge in [-0.3, -0.25) is 9.79 Å². The number of nitrogens with two attached hydrogens (primary N) is 1. The summed E-state index contributed by atoms with van der Waals surface area (Å²) in [6.45, 7) is 0.801. The van der Waals surface area contributed by atoms with Gasteiger partial charge in [0.15, 0.2) is 0 Å². The summed E-state index contributed by atoms with van der Waals surface area (Å²) in [4.78, 5) is 15.7. The van der Waals surface area contributed by atoms with Crippen molar-refractivity contribution in [2.45, 2.75) is 11.7 Å². The van der Waals surface area contributed by atoms with Crippen molar-refractivity contribution in [3.63, 3.8) is 0 Å². The van der Waals surface area contributed by atoms with Crippen LogP contribution in [0.15, 0.2) is 29.3 Å². The molecule has 1 heterocycles. The van der Waals surface area contributed by atoms with Crippen molar-refractivity contribution in [2.24, 2.45) is 10.7 Å². The molecule has 0 bridgehead atoms. The van der Waals surface area contributed by atoms with Gasteiger partial charge in [-0.1, -0.05) is 35.7 Å². The highest BCUT2D eigenvalue weighted by atomic mass is 32.2. The molecule has 0 aromatic heterocycles. The van der Waals surface area contributed by atoms with Crippen molar-refractivity contribution in [2.75, 3.05) is 12.3 Å². The summed E-state index contributed by atoms with van der Waals surface area (Å²) < 4.78 is 13.7. The molecule has 1 aliphatic heterocycles. The molecule has 18 heavy (non-hydrogen) atoms. The normalized spacial score (nSPS) is 16.4. The lowest BCUT2D eigenvalue weighted by Gasteiger charge is -2.12. The third kappa shape index (κ3) is 3.74. The Hall–Kier alpha value is -1.01. The average molecular weight is 284 g/mol. The van der Waals surface area contributed by atoms with E-state index in [4.69, 9.17) is 5.73 Å². The number of aliphatic imine (C=N–C) groups is 1. The fourth-order valence-electron chi connectivity index (χ4n) is 1.54. The number of rotatable bonds is 4. The molecule has 2 rings (SSSR count). The third-order valence-electron chi connectivity index (χ3n) is 2.45. The predicted molar refractivity (Wildman–Crippen MR) is 75.4 cm³/mol. The molecule has 2 N–H and O–H groups in total. The van der Waals surface area contributed by atoms with Crippen LogP contribution in [0.1, 0.15) is 5.56 Å². The van der Waals surface area contributed by atoms with Crippen LogP contribution in [0.25, 0.3) is 0 Å². The molecule has 0 aliphatic carbocycles. The average Bonchev–Trinajstić information content (AvgIpc) is 2.84. The SMILES string of the molecule is NC(=O)C(Cc1ccc(F)cc1)SC1=NCCS1. The molecule has 1 amide bonds. The molecule has 3 nitrogen and oxygen atoms in total. The van der Waals surface area contributed by atoms with Crippen LogP contribution in [0.2, 0.25) is 0 Å². The highest BCUT2D eigenvalue weighted by molar-refractivity contribution is 8.39. The van der Waals surface area contributed by atoms with Crippen LogP contribution < -0.4 is 5.73 Å². The van der Waals surface area contributed by atoms with Gasteiger partial charge in [0.25, 0.3) is 0 Å². The Labute approximate surface area is 113 Å². The number of halogens is 1. The highest BCUT2D eigenvalue weighted by Gasteiger charge is 2.21. The van der Waals surface area contributed by atoms with E-state index in [2.05, 4.69) is 4.99 Å². The quantitative estimate of drug-likeness (QED) is 0.920. The van der Waals surface area contributed by atoms with E-state index < -0.39 is 0 Å². The standard InChI is InChI=1S/C12H13FN2OS2/c13-9-3-1-8(2-4-9)7-10(11(14)16)18-12-15-5-6-17-12/h1-4,10H,5-7H2,(H2,14,16). The van der Waals surface area contributed by atoms with Crippen LogP contribution >= 0.6 is 23.5 Å². The van der Waals surface area contributed by atoms with Crippen molar-refractivity contribution in [3.8, 4) is 0 Å². The molecule has 1 atom stereocenters. The van der Waals surface area contributed by atoms with Crippen molar-refractivity contribution >= 4 is 33.8 Å². The van der Waals surface area contributed by atoms with E-state index >= 15 is 0 Å². The summed E-state index contributed by atoms with van der Waals surface area (Å²) in [6.07, 6.45) is 0.500. The van der Waals surface area contributed by atoms with Crippen LogP contribution in [-0.4, -0.2) is 27.8 Å². The Kier molecular flexibility index (Phi) is 4.66.